The van der Waals surface area contributed by atoms with Crippen LogP contribution in [0.15, 0.2) is 18.2 Å². The Balaban J connectivity index is 1.64. The van der Waals surface area contributed by atoms with E-state index in [1.165, 1.54) is 19.1 Å². The third kappa shape index (κ3) is 5.56. The van der Waals surface area contributed by atoms with Gasteiger partial charge in [0.1, 0.15) is 18.2 Å². The van der Waals surface area contributed by atoms with Crippen molar-refractivity contribution in [1.82, 2.24) is 4.90 Å². The molecule has 1 atom stereocenters. The molecule has 4 rings (SSSR count). The molecule has 0 bridgehead atoms. The minimum Gasteiger partial charge on any atom is -0.494 e. The zero-order valence-electron chi connectivity index (χ0n) is 23.7. The lowest BCUT2D eigenvalue weighted by atomic mass is 9.84. The Bertz CT molecular complexity index is 1340. The monoisotopic (exact) mass is 557 g/mol. The van der Waals surface area contributed by atoms with Crippen molar-refractivity contribution in [3.8, 4) is 17.2 Å². The van der Waals surface area contributed by atoms with E-state index < -0.39 is 11.8 Å². The van der Waals surface area contributed by atoms with Crippen LogP contribution >= 0.6 is 0 Å². The van der Waals surface area contributed by atoms with Gasteiger partial charge in [-0.15, -0.1) is 0 Å². The number of carbonyl (C=O) groups is 2. The van der Waals surface area contributed by atoms with Crippen molar-refractivity contribution in [2.45, 2.75) is 45.3 Å². The zero-order chi connectivity index (χ0) is 29.4. The number of nitrogens with zero attached hydrogens (tertiary/aromatic N) is 2. The number of halogens is 1. The zero-order valence-corrected chi connectivity index (χ0v) is 23.7. The highest BCUT2D eigenvalue weighted by molar-refractivity contribution is 6.06. The minimum absolute atomic E-state index is 0.0787. The van der Waals surface area contributed by atoms with Gasteiger partial charge in [-0.2, -0.15) is 0 Å². The normalized spacial score (nSPS) is 16.8. The van der Waals surface area contributed by atoms with Crippen molar-refractivity contribution < 1.29 is 38.0 Å². The summed E-state index contributed by atoms with van der Waals surface area (Å²) < 4.78 is 37.0. The summed E-state index contributed by atoms with van der Waals surface area (Å²) in [6.07, 6.45) is 0.381. The molecule has 0 aliphatic carbocycles. The van der Waals surface area contributed by atoms with Crippen molar-refractivity contribution in [1.29, 1.82) is 5.41 Å². The van der Waals surface area contributed by atoms with Gasteiger partial charge in [-0.25, -0.2) is 9.18 Å². The van der Waals surface area contributed by atoms with Gasteiger partial charge >= 0.3 is 5.97 Å². The number of methoxy groups -OCH3 is 3. The number of Topliss-reactive ketones (excluding diaryl/α,β-unsaturated/α-hetero) is 1. The summed E-state index contributed by atoms with van der Waals surface area (Å²) in [6, 6.07) is 5.23. The van der Waals surface area contributed by atoms with E-state index in [2.05, 4.69) is 0 Å². The number of hydrogen-bond acceptors (Lipinski definition) is 8. The fourth-order valence-corrected chi connectivity index (χ4v) is 5.28. The van der Waals surface area contributed by atoms with Gasteiger partial charge in [0.2, 0.25) is 0 Å². The van der Waals surface area contributed by atoms with Gasteiger partial charge in [-0.05, 0) is 35.6 Å². The highest BCUT2D eigenvalue weighted by atomic mass is 19.1. The van der Waals surface area contributed by atoms with Crippen LogP contribution in [0.4, 0.5) is 10.1 Å². The number of hydrogen-bond donors (Lipinski definition) is 2. The second kappa shape index (κ2) is 11.3. The molecule has 10 nitrogen and oxygen atoms in total. The second-order valence-corrected chi connectivity index (χ2v) is 11.0. The molecule has 0 saturated carbocycles. The number of fused-ring (bicyclic) bond motifs is 1. The molecule has 0 spiro atoms. The molecule has 2 aliphatic rings. The van der Waals surface area contributed by atoms with Crippen molar-refractivity contribution in [2.75, 3.05) is 52.5 Å². The van der Waals surface area contributed by atoms with Crippen LogP contribution in [0.5, 0.6) is 17.2 Å². The Morgan fingerprint density at radius 2 is 1.80 bits per heavy atom. The van der Waals surface area contributed by atoms with Gasteiger partial charge in [-0.3, -0.25) is 10.2 Å². The smallest absolute Gasteiger partial charge is 0.329 e. The maximum Gasteiger partial charge on any atom is 0.329 e. The number of benzene rings is 2. The lowest BCUT2D eigenvalue weighted by molar-refractivity contribution is -0.143. The summed E-state index contributed by atoms with van der Waals surface area (Å²) in [5, 5.41) is 17.6. The summed E-state index contributed by atoms with van der Waals surface area (Å²) in [5.41, 5.74) is 2.28. The number of anilines is 1. The molecule has 2 aromatic carbocycles. The molecule has 11 heteroatoms. The number of ketones is 1. The molecule has 1 unspecified atom stereocenters. The molecule has 0 amide bonds. The Morgan fingerprint density at radius 1 is 1.10 bits per heavy atom. The second-order valence-electron chi connectivity index (χ2n) is 11.0. The van der Waals surface area contributed by atoms with Crippen LogP contribution in [0, 0.1) is 11.2 Å². The predicted molar refractivity (Wildman–Crippen MR) is 147 cm³/mol. The number of ether oxygens (including phenoxy) is 4. The minimum atomic E-state index is -1.02. The van der Waals surface area contributed by atoms with Crippen LogP contribution < -0.4 is 19.1 Å². The average Bonchev–Trinajstić information content (AvgIpc) is 3.50. The van der Waals surface area contributed by atoms with Gasteiger partial charge in [-0.1, -0.05) is 20.8 Å². The molecule has 1 fully saturated rings. The summed E-state index contributed by atoms with van der Waals surface area (Å²) in [7, 11) is 4.34. The Kier molecular flexibility index (Phi) is 8.25. The fourth-order valence-electron chi connectivity index (χ4n) is 5.28. The van der Waals surface area contributed by atoms with E-state index in [4.69, 9.17) is 29.5 Å². The van der Waals surface area contributed by atoms with Crippen LogP contribution in [0.25, 0.3) is 0 Å². The van der Waals surface area contributed by atoms with Gasteiger partial charge in [0, 0.05) is 30.8 Å². The van der Waals surface area contributed by atoms with Gasteiger partial charge < -0.3 is 33.9 Å². The quantitative estimate of drug-likeness (QED) is 0.420. The highest BCUT2D eigenvalue weighted by Gasteiger charge is 2.34. The van der Waals surface area contributed by atoms with Crippen molar-refractivity contribution >= 4 is 23.3 Å². The number of nitrogens with one attached hydrogen (secondary N) is 1. The maximum absolute atomic E-state index is 15.2. The summed E-state index contributed by atoms with van der Waals surface area (Å²) in [5.74, 6) is -1.24. The first-order valence-electron chi connectivity index (χ1n) is 13.0. The van der Waals surface area contributed by atoms with Crippen LogP contribution in [0.3, 0.4) is 0 Å². The van der Waals surface area contributed by atoms with E-state index in [1.807, 2.05) is 31.7 Å². The lowest BCUT2D eigenvalue weighted by Gasteiger charge is -2.29. The number of carboxylic acids is 1. The molecule has 0 aromatic heterocycles. The molecular formula is C29H36FN3O7. The van der Waals surface area contributed by atoms with Crippen molar-refractivity contribution in [3.05, 3.63) is 46.3 Å². The van der Waals surface area contributed by atoms with Crippen LogP contribution in [0.1, 0.15) is 54.2 Å². The van der Waals surface area contributed by atoms with E-state index in [-0.39, 0.29) is 59.9 Å². The fraction of sp³-hybridized carbons (Fsp3) is 0.483. The summed E-state index contributed by atoms with van der Waals surface area (Å²) in [6.45, 7) is 6.84. The number of amidine groups is 1. The highest BCUT2D eigenvalue weighted by Crippen LogP contribution is 2.42. The number of aliphatic carboxylic acids is 1. The van der Waals surface area contributed by atoms with Gasteiger partial charge in [0.25, 0.3) is 0 Å². The number of carbonyl (C=O) groups excluding carboxylic acids is 1. The third-order valence-electron chi connectivity index (χ3n) is 7.27. The molecule has 2 N–H and O–H groups in total. The largest absolute Gasteiger partial charge is 0.494 e. The summed E-state index contributed by atoms with van der Waals surface area (Å²) >= 11 is 0. The number of carboxylic acid groups (broad SMARTS) is 1. The van der Waals surface area contributed by atoms with Crippen molar-refractivity contribution in [3.63, 3.8) is 0 Å². The predicted octanol–water partition coefficient (Wildman–Crippen LogP) is 3.85. The first-order chi connectivity index (χ1) is 18.9. The molecule has 216 valence electrons. The maximum atomic E-state index is 15.2. The Labute approximate surface area is 233 Å². The third-order valence-corrected chi connectivity index (χ3v) is 7.27. The summed E-state index contributed by atoms with van der Waals surface area (Å²) in [4.78, 5) is 28.2. The molecule has 1 saturated heterocycles. The van der Waals surface area contributed by atoms with E-state index in [0.29, 0.717) is 36.4 Å². The van der Waals surface area contributed by atoms with E-state index >= 15 is 4.39 Å². The van der Waals surface area contributed by atoms with E-state index in [0.717, 1.165) is 11.3 Å². The molecule has 2 heterocycles. The lowest BCUT2D eigenvalue weighted by Crippen LogP contribution is -2.31. The topological polar surface area (TPSA) is 122 Å². The molecule has 40 heavy (non-hydrogen) atoms. The van der Waals surface area contributed by atoms with Crippen LogP contribution in [0.2, 0.25) is 0 Å². The van der Waals surface area contributed by atoms with E-state index in [9.17, 15) is 9.59 Å². The SMILES string of the molecule is COc1cc2c(c(F)c1OC)C(=N)N(CC(=O)c1cc(N3CCC(OCC(=O)O)C3)c(OC)c(C(C)(C)C)c1)C2. The first kappa shape index (κ1) is 29.1. The molecule has 2 aliphatic heterocycles. The van der Waals surface area contributed by atoms with Crippen LogP contribution in [-0.4, -0.2) is 81.3 Å². The van der Waals surface area contributed by atoms with Crippen LogP contribution in [-0.2, 0) is 21.5 Å². The van der Waals surface area contributed by atoms with Crippen molar-refractivity contribution in [2.24, 2.45) is 0 Å². The Hall–Kier alpha value is -3.86. The van der Waals surface area contributed by atoms with Gasteiger partial charge in [0.15, 0.2) is 23.1 Å². The molecular weight excluding hydrogens is 521 g/mol. The Morgan fingerprint density at radius 3 is 2.40 bits per heavy atom. The standard InChI is InChI=1S/C29H36FN3O7/c1-29(2,3)19-9-16(10-20(26(19)38-5)32-8-7-18(13-32)40-15-23(35)36)21(34)14-33-12-17-11-22(37-4)27(39-6)25(30)24(17)28(33)31/h9-11,18,31H,7-8,12-15H2,1-6H3,(H,35,36). The average molecular weight is 558 g/mol. The molecule has 2 aromatic rings. The first-order valence-corrected chi connectivity index (χ1v) is 13.0. The van der Waals surface area contributed by atoms with E-state index in [1.54, 1.807) is 19.2 Å². The number of rotatable bonds is 10. The molecule has 0 radical (unpaired) electrons. The van der Waals surface area contributed by atoms with Gasteiger partial charge in [0.05, 0.1) is 45.2 Å².